The molecule has 1 aromatic rings. The van der Waals surface area contributed by atoms with Gasteiger partial charge < -0.3 is 9.52 Å². The van der Waals surface area contributed by atoms with E-state index in [0.717, 1.165) is 50.7 Å². The molecule has 1 N–H and O–H groups in total. The van der Waals surface area contributed by atoms with Crippen molar-refractivity contribution in [2.24, 2.45) is 0 Å². The van der Waals surface area contributed by atoms with Gasteiger partial charge in [-0.15, -0.1) is 0 Å². The van der Waals surface area contributed by atoms with Crippen LogP contribution in [0.1, 0.15) is 49.2 Å². The Morgan fingerprint density at radius 2 is 1.86 bits per heavy atom. The van der Waals surface area contributed by atoms with E-state index in [1.54, 1.807) is 0 Å². The minimum absolute atomic E-state index is 0.232. The maximum Gasteiger partial charge on any atom is 0.118 e. The third-order valence-electron chi connectivity index (χ3n) is 5.34. The Hall–Kier alpha value is -0.840. The highest BCUT2D eigenvalue weighted by Crippen LogP contribution is 2.23. The number of piperidine rings is 1. The van der Waals surface area contributed by atoms with E-state index in [1.165, 1.54) is 31.2 Å². The first-order valence-electron chi connectivity index (χ1n) is 8.84. The summed E-state index contributed by atoms with van der Waals surface area (Å²) in [7, 11) is 0. The summed E-state index contributed by atoms with van der Waals surface area (Å²) in [5.74, 6) is 2.03. The van der Waals surface area contributed by atoms with Gasteiger partial charge in [-0.25, -0.2) is 0 Å². The molecule has 0 aliphatic carbocycles. The molecule has 3 rings (SSSR count). The van der Waals surface area contributed by atoms with Crippen LogP contribution in [-0.2, 0) is 6.54 Å². The molecule has 0 aromatic carbocycles. The van der Waals surface area contributed by atoms with Crippen molar-refractivity contribution in [2.75, 3.05) is 26.2 Å². The second-order valence-electron chi connectivity index (χ2n) is 7.06. The van der Waals surface area contributed by atoms with Gasteiger partial charge in [0.2, 0.25) is 0 Å². The second kappa shape index (κ2) is 7.16. The number of furan rings is 1. The molecule has 2 aliphatic rings. The summed E-state index contributed by atoms with van der Waals surface area (Å²) in [5.41, 5.74) is 1.22. The van der Waals surface area contributed by atoms with Crippen LogP contribution in [0.4, 0.5) is 0 Å². The lowest BCUT2D eigenvalue weighted by atomic mass is 9.99. The highest BCUT2D eigenvalue weighted by Gasteiger charge is 2.32. The molecule has 0 unspecified atom stereocenters. The summed E-state index contributed by atoms with van der Waals surface area (Å²) in [5, 5.41) is 10.6. The SMILES string of the molecule is Cc1cc(CN2CC[C@@H](N3CCCCCC3)[C@H](O)C2)oc1C. The Morgan fingerprint density at radius 1 is 1.14 bits per heavy atom. The van der Waals surface area contributed by atoms with Crippen molar-refractivity contribution < 1.29 is 9.52 Å². The fourth-order valence-electron chi connectivity index (χ4n) is 3.93. The van der Waals surface area contributed by atoms with E-state index in [0.29, 0.717) is 6.04 Å². The molecule has 22 heavy (non-hydrogen) atoms. The van der Waals surface area contributed by atoms with Crippen LogP contribution in [0.25, 0.3) is 0 Å². The lowest BCUT2D eigenvalue weighted by Crippen LogP contribution is -2.54. The number of aliphatic hydroxyl groups excluding tert-OH is 1. The topological polar surface area (TPSA) is 39.9 Å². The molecule has 4 heteroatoms. The minimum Gasteiger partial charge on any atom is -0.465 e. The summed E-state index contributed by atoms with van der Waals surface area (Å²) < 4.78 is 5.78. The van der Waals surface area contributed by atoms with Gasteiger partial charge in [-0.2, -0.15) is 0 Å². The number of aryl methyl sites for hydroxylation is 2. The minimum atomic E-state index is -0.232. The van der Waals surface area contributed by atoms with E-state index in [9.17, 15) is 5.11 Å². The first-order valence-corrected chi connectivity index (χ1v) is 8.84. The molecule has 2 aliphatic heterocycles. The van der Waals surface area contributed by atoms with E-state index in [2.05, 4.69) is 22.8 Å². The van der Waals surface area contributed by atoms with Crippen LogP contribution in [0, 0.1) is 13.8 Å². The Morgan fingerprint density at radius 3 is 2.45 bits per heavy atom. The van der Waals surface area contributed by atoms with E-state index in [4.69, 9.17) is 4.42 Å². The van der Waals surface area contributed by atoms with Gasteiger partial charge in [-0.05, 0) is 57.8 Å². The Kier molecular flexibility index (Phi) is 5.21. The number of rotatable bonds is 3. The summed E-state index contributed by atoms with van der Waals surface area (Å²) in [4.78, 5) is 4.87. The molecular weight excluding hydrogens is 276 g/mol. The van der Waals surface area contributed by atoms with E-state index >= 15 is 0 Å². The molecule has 3 heterocycles. The molecule has 0 saturated carbocycles. The summed E-state index contributed by atoms with van der Waals surface area (Å²) in [6.07, 6.45) is 6.12. The predicted octanol–water partition coefficient (Wildman–Crippen LogP) is 2.71. The average molecular weight is 306 g/mol. The third-order valence-corrected chi connectivity index (χ3v) is 5.34. The normalized spacial score (nSPS) is 28.7. The fraction of sp³-hybridized carbons (Fsp3) is 0.778. The molecule has 1 aromatic heterocycles. The predicted molar refractivity (Wildman–Crippen MR) is 87.9 cm³/mol. The van der Waals surface area contributed by atoms with Gasteiger partial charge in [0, 0.05) is 19.1 Å². The Bertz CT molecular complexity index is 458. The first kappa shape index (κ1) is 16.0. The zero-order chi connectivity index (χ0) is 15.5. The molecular formula is C18H30N2O2. The smallest absolute Gasteiger partial charge is 0.118 e. The third kappa shape index (κ3) is 3.73. The van der Waals surface area contributed by atoms with Crippen LogP contribution in [-0.4, -0.2) is 53.2 Å². The molecule has 124 valence electrons. The van der Waals surface area contributed by atoms with Crippen molar-refractivity contribution in [3.63, 3.8) is 0 Å². The monoisotopic (exact) mass is 306 g/mol. The first-order chi connectivity index (χ1) is 10.6. The Balaban J connectivity index is 1.55. The molecule has 2 atom stereocenters. The van der Waals surface area contributed by atoms with Crippen LogP contribution in [0.2, 0.25) is 0 Å². The second-order valence-corrected chi connectivity index (χ2v) is 7.06. The molecule has 0 amide bonds. The van der Waals surface area contributed by atoms with Gasteiger partial charge >= 0.3 is 0 Å². The molecule has 2 fully saturated rings. The number of likely N-dealkylation sites (tertiary alicyclic amines) is 2. The van der Waals surface area contributed by atoms with Crippen molar-refractivity contribution in [3.8, 4) is 0 Å². The van der Waals surface area contributed by atoms with Gasteiger partial charge in [0.15, 0.2) is 0 Å². The maximum atomic E-state index is 10.6. The Labute approximate surface area is 134 Å². The lowest BCUT2D eigenvalue weighted by molar-refractivity contribution is -0.0160. The van der Waals surface area contributed by atoms with E-state index in [-0.39, 0.29) is 6.10 Å². The zero-order valence-electron chi connectivity index (χ0n) is 14.1. The van der Waals surface area contributed by atoms with Crippen molar-refractivity contribution in [2.45, 2.75) is 64.6 Å². The van der Waals surface area contributed by atoms with Crippen molar-refractivity contribution in [3.05, 3.63) is 23.2 Å². The standard InChI is InChI=1S/C18H30N2O2/c1-14-11-16(22-15(14)2)12-19-10-7-17(18(21)13-19)20-8-5-3-4-6-9-20/h11,17-18,21H,3-10,12-13H2,1-2H3/t17-,18-/m1/s1. The largest absolute Gasteiger partial charge is 0.465 e. The van der Waals surface area contributed by atoms with Crippen molar-refractivity contribution in [1.82, 2.24) is 9.80 Å². The zero-order valence-corrected chi connectivity index (χ0v) is 14.1. The highest BCUT2D eigenvalue weighted by molar-refractivity contribution is 5.18. The van der Waals surface area contributed by atoms with Gasteiger partial charge in [0.1, 0.15) is 11.5 Å². The van der Waals surface area contributed by atoms with Crippen LogP contribution < -0.4 is 0 Å². The van der Waals surface area contributed by atoms with Gasteiger partial charge in [-0.3, -0.25) is 9.80 Å². The molecule has 0 spiro atoms. The van der Waals surface area contributed by atoms with E-state index in [1.807, 2.05) is 6.92 Å². The van der Waals surface area contributed by atoms with Gasteiger partial charge in [0.05, 0.1) is 12.6 Å². The maximum absolute atomic E-state index is 10.6. The van der Waals surface area contributed by atoms with Crippen LogP contribution in [0.15, 0.2) is 10.5 Å². The average Bonchev–Trinajstić information content (AvgIpc) is 2.70. The lowest BCUT2D eigenvalue weighted by Gasteiger charge is -2.41. The summed E-state index contributed by atoms with van der Waals surface area (Å²) >= 11 is 0. The molecule has 4 nitrogen and oxygen atoms in total. The van der Waals surface area contributed by atoms with Crippen molar-refractivity contribution >= 4 is 0 Å². The number of aliphatic hydroxyl groups is 1. The number of β-amino-alcohol motifs (C(OH)–C–C–N with tert-alkyl or cyclic N) is 1. The molecule has 0 radical (unpaired) electrons. The van der Waals surface area contributed by atoms with E-state index < -0.39 is 0 Å². The van der Waals surface area contributed by atoms with Crippen LogP contribution in [0.5, 0.6) is 0 Å². The van der Waals surface area contributed by atoms with Crippen molar-refractivity contribution in [1.29, 1.82) is 0 Å². The number of nitrogens with zero attached hydrogens (tertiary/aromatic N) is 2. The van der Waals surface area contributed by atoms with Gasteiger partial charge in [-0.1, -0.05) is 12.8 Å². The molecule has 0 bridgehead atoms. The van der Waals surface area contributed by atoms with Crippen LogP contribution >= 0.6 is 0 Å². The fourth-order valence-corrected chi connectivity index (χ4v) is 3.93. The summed E-state index contributed by atoms with van der Waals surface area (Å²) in [6, 6.07) is 2.48. The number of hydrogen-bond acceptors (Lipinski definition) is 4. The quantitative estimate of drug-likeness (QED) is 0.932. The number of hydrogen-bond donors (Lipinski definition) is 1. The van der Waals surface area contributed by atoms with Gasteiger partial charge in [0.25, 0.3) is 0 Å². The summed E-state index contributed by atoms with van der Waals surface area (Å²) in [6.45, 7) is 9.06. The van der Waals surface area contributed by atoms with Crippen LogP contribution in [0.3, 0.4) is 0 Å². The molecule has 2 saturated heterocycles. The highest BCUT2D eigenvalue weighted by atomic mass is 16.3.